The Balaban J connectivity index is 5.01. The Morgan fingerprint density at radius 1 is 1.43 bits per heavy atom. The molecule has 0 aromatic rings. The first-order valence-electron chi connectivity index (χ1n) is 4.15. The van der Waals surface area contributed by atoms with E-state index in [4.69, 9.17) is 5.73 Å². The molecule has 0 spiro atoms. The number of aliphatic imine (C=N–C) groups is 1. The molecular formula is C9H13F3N2. The van der Waals surface area contributed by atoms with Crippen molar-refractivity contribution in [3.63, 3.8) is 0 Å². The minimum absolute atomic E-state index is 0.385. The summed E-state index contributed by atoms with van der Waals surface area (Å²) in [6.45, 7) is 3.38. The number of allylic oxidation sites excluding steroid dienone is 3. The van der Waals surface area contributed by atoms with Crippen LogP contribution in [0.4, 0.5) is 13.2 Å². The fourth-order valence-electron chi connectivity index (χ4n) is 0.789. The smallest absolute Gasteiger partial charge is 0.405 e. The van der Waals surface area contributed by atoms with E-state index in [-0.39, 0.29) is 0 Å². The molecule has 0 radical (unpaired) electrons. The van der Waals surface area contributed by atoms with Crippen molar-refractivity contribution < 1.29 is 13.2 Å². The van der Waals surface area contributed by atoms with E-state index < -0.39 is 11.9 Å². The number of halogens is 3. The summed E-state index contributed by atoms with van der Waals surface area (Å²) in [6, 6.07) is 0. The van der Waals surface area contributed by atoms with Crippen molar-refractivity contribution in [2.24, 2.45) is 10.7 Å². The van der Waals surface area contributed by atoms with Crippen LogP contribution in [0, 0.1) is 0 Å². The third-order valence-electron chi connectivity index (χ3n) is 1.50. The van der Waals surface area contributed by atoms with Gasteiger partial charge in [0.1, 0.15) is 5.71 Å². The molecule has 0 fully saturated rings. The van der Waals surface area contributed by atoms with Crippen LogP contribution in [0.5, 0.6) is 0 Å². The van der Waals surface area contributed by atoms with E-state index in [0.29, 0.717) is 12.1 Å². The zero-order valence-electron chi connectivity index (χ0n) is 8.10. The van der Waals surface area contributed by atoms with E-state index in [2.05, 4.69) is 4.99 Å². The van der Waals surface area contributed by atoms with Crippen LogP contribution in [-0.2, 0) is 0 Å². The summed E-state index contributed by atoms with van der Waals surface area (Å²) in [7, 11) is 0. The molecule has 2 nitrogen and oxygen atoms in total. The third kappa shape index (κ3) is 4.11. The molecular weight excluding hydrogens is 193 g/mol. The van der Waals surface area contributed by atoms with Crippen molar-refractivity contribution in [2.75, 3.05) is 0 Å². The molecule has 0 aromatic carbocycles. The Labute approximate surface area is 81.0 Å². The normalized spacial score (nSPS) is 15.2. The van der Waals surface area contributed by atoms with Gasteiger partial charge in [-0.3, -0.25) is 0 Å². The molecule has 80 valence electrons. The second-order valence-electron chi connectivity index (χ2n) is 2.49. The van der Waals surface area contributed by atoms with Gasteiger partial charge in [-0.25, -0.2) is 4.99 Å². The number of rotatable bonds is 3. The van der Waals surface area contributed by atoms with Gasteiger partial charge in [0, 0.05) is 5.70 Å². The van der Waals surface area contributed by atoms with Gasteiger partial charge in [-0.05, 0) is 25.6 Å². The van der Waals surface area contributed by atoms with Crippen molar-refractivity contribution >= 4 is 5.71 Å². The first-order chi connectivity index (χ1) is 6.45. The van der Waals surface area contributed by atoms with Gasteiger partial charge >= 0.3 is 6.18 Å². The summed E-state index contributed by atoms with van der Waals surface area (Å²) in [4.78, 5) is 3.46. The molecule has 0 aliphatic heterocycles. The van der Waals surface area contributed by atoms with Crippen LogP contribution in [0.15, 0.2) is 29.0 Å². The summed E-state index contributed by atoms with van der Waals surface area (Å²) in [5, 5.41) is 0. The number of alkyl halides is 3. The van der Waals surface area contributed by atoms with Crippen molar-refractivity contribution in [1.29, 1.82) is 0 Å². The second-order valence-corrected chi connectivity index (χ2v) is 2.49. The van der Waals surface area contributed by atoms with Crippen LogP contribution in [0.2, 0.25) is 0 Å². The number of nitrogens with two attached hydrogens (primary N) is 1. The molecule has 0 atom stereocenters. The Hall–Kier alpha value is -1.26. The second kappa shape index (κ2) is 5.47. The van der Waals surface area contributed by atoms with E-state index in [0.717, 1.165) is 12.3 Å². The molecule has 14 heavy (non-hydrogen) atoms. The molecule has 0 unspecified atom stereocenters. The van der Waals surface area contributed by atoms with Gasteiger partial charge in [0.2, 0.25) is 0 Å². The minimum Gasteiger partial charge on any atom is -0.405 e. The molecule has 0 saturated carbocycles. The first kappa shape index (κ1) is 12.7. The summed E-state index contributed by atoms with van der Waals surface area (Å²) < 4.78 is 36.8. The Kier molecular flexibility index (Phi) is 4.97. The SMILES string of the molecule is C\C=C(CC)/N=C(/C=C\N)C(F)(F)F. The molecule has 0 amide bonds. The molecule has 0 aromatic heterocycles. The number of hydrogen-bond donors (Lipinski definition) is 1. The van der Waals surface area contributed by atoms with Crippen LogP contribution in [0.3, 0.4) is 0 Å². The Morgan fingerprint density at radius 2 is 2.00 bits per heavy atom. The van der Waals surface area contributed by atoms with E-state index in [1.165, 1.54) is 6.08 Å². The monoisotopic (exact) mass is 206 g/mol. The highest BCUT2D eigenvalue weighted by Crippen LogP contribution is 2.20. The zero-order valence-corrected chi connectivity index (χ0v) is 8.10. The lowest BCUT2D eigenvalue weighted by Crippen LogP contribution is -2.21. The zero-order chi connectivity index (χ0) is 11.2. The van der Waals surface area contributed by atoms with Gasteiger partial charge in [-0.2, -0.15) is 13.2 Å². The first-order valence-corrected chi connectivity index (χ1v) is 4.15. The number of nitrogens with zero attached hydrogens (tertiary/aromatic N) is 1. The van der Waals surface area contributed by atoms with Crippen molar-refractivity contribution in [2.45, 2.75) is 26.4 Å². The standard InChI is InChI=1S/C9H13F3N2/c1-3-7(4-2)14-8(5-6-13)9(10,11)12/h3,5-6H,4,13H2,1-2H3/b6-5-,7-3-,14-8-. The highest BCUT2D eigenvalue weighted by molar-refractivity contribution is 5.99. The van der Waals surface area contributed by atoms with Crippen LogP contribution >= 0.6 is 0 Å². The van der Waals surface area contributed by atoms with Gasteiger partial charge in [-0.15, -0.1) is 0 Å². The molecule has 0 aliphatic rings. The highest BCUT2D eigenvalue weighted by atomic mass is 19.4. The Morgan fingerprint density at radius 3 is 2.29 bits per heavy atom. The third-order valence-corrected chi connectivity index (χ3v) is 1.50. The predicted molar refractivity (Wildman–Crippen MR) is 50.9 cm³/mol. The Bertz CT molecular complexity index is 262. The maximum atomic E-state index is 12.3. The molecule has 0 saturated heterocycles. The van der Waals surface area contributed by atoms with Gasteiger partial charge in [0.15, 0.2) is 0 Å². The van der Waals surface area contributed by atoms with E-state index in [1.54, 1.807) is 13.8 Å². The van der Waals surface area contributed by atoms with Gasteiger partial charge in [-0.1, -0.05) is 13.0 Å². The van der Waals surface area contributed by atoms with Gasteiger partial charge in [0.25, 0.3) is 0 Å². The van der Waals surface area contributed by atoms with Crippen LogP contribution in [-0.4, -0.2) is 11.9 Å². The van der Waals surface area contributed by atoms with Gasteiger partial charge < -0.3 is 5.73 Å². The molecule has 0 aliphatic carbocycles. The number of hydrogen-bond acceptors (Lipinski definition) is 2. The fourth-order valence-corrected chi connectivity index (χ4v) is 0.789. The molecule has 0 bridgehead atoms. The summed E-state index contributed by atoms with van der Waals surface area (Å²) >= 11 is 0. The summed E-state index contributed by atoms with van der Waals surface area (Å²) in [5.74, 6) is 0. The van der Waals surface area contributed by atoms with Crippen molar-refractivity contribution in [3.8, 4) is 0 Å². The van der Waals surface area contributed by atoms with Crippen LogP contribution in [0.25, 0.3) is 0 Å². The largest absolute Gasteiger partial charge is 0.433 e. The van der Waals surface area contributed by atoms with Crippen molar-refractivity contribution in [1.82, 2.24) is 0 Å². The predicted octanol–water partition coefficient (Wildman–Crippen LogP) is 2.78. The molecule has 2 N–H and O–H groups in total. The maximum absolute atomic E-state index is 12.3. The van der Waals surface area contributed by atoms with Crippen LogP contribution < -0.4 is 5.73 Å². The average Bonchev–Trinajstić information content (AvgIpc) is 2.10. The molecule has 0 rings (SSSR count). The van der Waals surface area contributed by atoms with E-state index >= 15 is 0 Å². The fraction of sp³-hybridized carbons (Fsp3) is 0.444. The van der Waals surface area contributed by atoms with Gasteiger partial charge in [0.05, 0.1) is 0 Å². The quantitative estimate of drug-likeness (QED) is 0.708. The lowest BCUT2D eigenvalue weighted by molar-refractivity contribution is -0.0577. The maximum Gasteiger partial charge on any atom is 0.433 e. The van der Waals surface area contributed by atoms with E-state index in [9.17, 15) is 13.2 Å². The van der Waals surface area contributed by atoms with Crippen LogP contribution in [0.1, 0.15) is 20.3 Å². The topological polar surface area (TPSA) is 38.4 Å². The van der Waals surface area contributed by atoms with Crippen molar-refractivity contribution in [3.05, 3.63) is 24.0 Å². The average molecular weight is 206 g/mol. The lowest BCUT2D eigenvalue weighted by atomic mass is 10.3. The summed E-state index contributed by atoms with van der Waals surface area (Å²) in [6.07, 6.45) is -0.891. The minimum atomic E-state index is -4.46. The van der Waals surface area contributed by atoms with E-state index in [1.807, 2.05) is 0 Å². The molecule has 5 heteroatoms. The molecule has 0 heterocycles. The lowest BCUT2D eigenvalue weighted by Gasteiger charge is -2.06. The summed E-state index contributed by atoms with van der Waals surface area (Å²) in [5.41, 5.74) is 4.31. The highest BCUT2D eigenvalue weighted by Gasteiger charge is 2.33.